The molecule has 1 aliphatic rings. The number of amides is 1. The van der Waals surface area contributed by atoms with Crippen LogP contribution in [0.5, 0.6) is 11.5 Å². The van der Waals surface area contributed by atoms with E-state index in [1.807, 2.05) is 30.3 Å². The highest BCUT2D eigenvalue weighted by molar-refractivity contribution is 7.89. The Morgan fingerprint density at radius 3 is 2.53 bits per heavy atom. The van der Waals surface area contributed by atoms with Gasteiger partial charge >= 0.3 is 0 Å². The molecule has 8 heteroatoms. The van der Waals surface area contributed by atoms with Crippen LogP contribution < -0.4 is 14.8 Å². The van der Waals surface area contributed by atoms with Gasteiger partial charge in [0.25, 0.3) is 0 Å². The lowest BCUT2D eigenvalue weighted by Gasteiger charge is -2.31. The highest BCUT2D eigenvalue weighted by Gasteiger charge is 2.33. The summed E-state index contributed by atoms with van der Waals surface area (Å²) in [6.07, 6.45) is 1.23. The molecule has 168 valence electrons. The van der Waals surface area contributed by atoms with Gasteiger partial charge in [-0.2, -0.15) is 4.31 Å². The Labute approximate surface area is 188 Å². The molecule has 1 heterocycles. The molecular formula is C24H26N2O5S. The van der Waals surface area contributed by atoms with Gasteiger partial charge in [-0.15, -0.1) is 0 Å². The number of nitrogens with zero attached hydrogens (tertiary/aromatic N) is 1. The number of hydrogen-bond acceptors (Lipinski definition) is 5. The Morgan fingerprint density at radius 2 is 1.78 bits per heavy atom. The summed E-state index contributed by atoms with van der Waals surface area (Å²) in [5.41, 5.74) is 0.521. The van der Waals surface area contributed by atoms with Crippen LogP contribution in [0.25, 0.3) is 10.8 Å². The number of piperidine rings is 1. The van der Waals surface area contributed by atoms with Crippen molar-refractivity contribution >= 4 is 32.4 Å². The molecule has 1 N–H and O–H groups in total. The maximum atomic E-state index is 13.3. The van der Waals surface area contributed by atoms with Crippen molar-refractivity contribution in [2.75, 3.05) is 32.6 Å². The van der Waals surface area contributed by atoms with Crippen LogP contribution in [0.2, 0.25) is 0 Å². The first kappa shape index (κ1) is 22.1. The van der Waals surface area contributed by atoms with E-state index in [1.165, 1.54) is 11.4 Å². The number of carbonyl (C=O) groups is 1. The van der Waals surface area contributed by atoms with Gasteiger partial charge < -0.3 is 14.8 Å². The number of fused-ring (bicyclic) bond motifs is 1. The van der Waals surface area contributed by atoms with Gasteiger partial charge in [0.15, 0.2) is 0 Å². The number of anilines is 1. The van der Waals surface area contributed by atoms with Gasteiger partial charge in [-0.3, -0.25) is 4.79 Å². The van der Waals surface area contributed by atoms with Crippen molar-refractivity contribution in [1.82, 2.24) is 4.31 Å². The Morgan fingerprint density at radius 1 is 1.00 bits per heavy atom. The fourth-order valence-corrected chi connectivity index (χ4v) is 5.55. The van der Waals surface area contributed by atoms with E-state index in [0.29, 0.717) is 36.6 Å². The van der Waals surface area contributed by atoms with E-state index in [9.17, 15) is 13.2 Å². The van der Waals surface area contributed by atoms with Gasteiger partial charge in [-0.1, -0.05) is 30.3 Å². The maximum absolute atomic E-state index is 13.3. The maximum Gasteiger partial charge on any atom is 0.243 e. The molecule has 0 aromatic heterocycles. The highest BCUT2D eigenvalue weighted by Crippen LogP contribution is 2.31. The molecule has 1 amide bonds. The van der Waals surface area contributed by atoms with Gasteiger partial charge in [0, 0.05) is 19.2 Å². The summed E-state index contributed by atoms with van der Waals surface area (Å²) >= 11 is 0. The predicted octanol–water partition coefficient (Wildman–Crippen LogP) is 3.90. The lowest BCUT2D eigenvalue weighted by molar-refractivity contribution is -0.120. The Balaban J connectivity index is 1.51. The molecule has 1 unspecified atom stereocenters. The third kappa shape index (κ3) is 4.42. The number of carbonyl (C=O) groups excluding carboxylic acids is 1. The molecule has 1 atom stereocenters. The summed E-state index contributed by atoms with van der Waals surface area (Å²) in [6.45, 7) is 0.532. The first-order chi connectivity index (χ1) is 15.4. The van der Waals surface area contributed by atoms with Crippen LogP contribution in [-0.2, 0) is 14.8 Å². The van der Waals surface area contributed by atoms with E-state index in [-0.39, 0.29) is 17.3 Å². The van der Waals surface area contributed by atoms with Crippen molar-refractivity contribution in [2.45, 2.75) is 17.7 Å². The summed E-state index contributed by atoms with van der Waals surface area (Å²) in [4.78, 5) is 13.2. The third-order valence-electron chi connectivity index (χ3n) is 5.78. The minimum Gasteiger partial charge on any atom is -0.497 e. The molecule has 0 spiro atoms. The van der Waals surface area contributed by atoms with Crippen LogP contribution in [0.3, 0.4) is 0 Å². The molecule has 0 bridgehead atoms. The Hall–Kier alpha value is -3.10. The van der Waals surface area contributed by atoms with Gasteiger partial charge in [0.2, 0.25) is 15.9 Å². The zero-order valence-corrected chi connectivity index (χ0v) is 18.9. The normalized spacial score (nSPS) is 17.1. The zero-order chi connectivity index (χ0) is 22.7. The second-order valence-electron chi connectivity index (χ2n) is 7.77. The Kier molecular flexibility index (Phi) is 6.34. The predicted molar refractivity (Wildman–Crippen MR) is 124 cm³/mol. The van der Waals surface area contributed by atoms with Crippen molar-refractivity contribution < 1.29 is 22.7 Å². The van der Waals surface area contributed by atoms with Gasteiger partial charge in [0.05, 0.1) is 30.7 Å². The van der Waals surface area contributed by atoms with Crippen molar-refractivity contribution in [3.63, 3.8) is 0 Å². The molecule has 0 radical (unpaired) electrons. The van der Waals surface area contributed by atoms with Crippen LogP contribution in [0, 0.1) is 5.92 Å². The number of rotatable bonds is 6. The van der Waals surface area contributed by atoms with E-state index in [0.717, 1.165) is 10.8 Å². The quantitative estimate of drug-likeness (QED) is 0.611. The molecule has 0 aliphatic carbocycles. The van der Waals surface area contributed by atoms with Crippen molar-refractivity contribution in [2.24, 2.45) is 5.92 Å². The van der Waals surface area contributed by atoms with Crippen LogP contribution >= 0.6 is 0 Å². The fourth-order valence-electron chi connectivity index (χ4n) is 3.99. The van der Waals surface area contributed by atoms with Crippen molar-refractivity contribution in [1.29, 1.82) is 0 Å². The molecule has 1 aliphatic heterocycles. The topological polar surface area (TPSA) is 84.9 Å². The number of methoxy groups -OCH3 is 2. The summed E-state index contributed by atoms with van der Waals surface area (Å²) in [5.74, 6) is 0.414. The minimum atomic E-state index is -3.70. The first-order valence-electron chi connectivity index (χ1n) is 10.4. The van der Waals surface area contributed by atoms with E-state index >= 15 is 0 Å². The average Bonchev–Trinajstić information content (AvgIpc) is 2.84. The van der Waals surface area contributed by atoms with E-state index in [4.69, 9.17) is 9.47 Å². The van der Waals surface area contributed by atoms with Gasteiger partial charge in [-0.05, 0) is 47.9 Å². The zero-order valence-electron chi connectivity index (χ0n) is 18.1. The molecule has 1 saturated heterocycles. The number of hydrogen-bond donors (Lipinski definition) is 1. The fraction of sp³-hybridized carbons (Fsp3) is 0.292. The number of ether oxygens (including phenoxy) is 2. The smallest absolute Gasteiger partial charge is 0.243 e. The summed E-state index contributed by atoms with van der Waals surface area (Å²) in [7, 11) is -0.631. The van der Waals surface area contributed by atoms with Crippen LogP contribution in [0.1, 0.15) is 12.8 Å². The second-order valence-corrected chi connectivity index (χ2v) is 9.70. The van der Waals surface area contributed by atoms with E-state index < -0.39 is 15.9 Å². The van der Waals surface area contributed by atoms with Gasteiger partial charge in [-0.25, -0.2) is 8.42 Å². The van der Waals surface area contributed by atoms with Crippen molar-refractivity contribution in [3.8, 4) is 11.5 Å². The standard InChI is InChI=1S/C24H26N2O5S/c1-30-20-10-12-22(23(15-20)31-2)25-24(27)19-8-5-13-26(16-19)32(28,29)21-11-9-17-6-3-4-7-18(17)14-21/h3-4,6-7,9-12,14-15,19H,5,8,13,16H2,1-2H3,(H,25,27). The van der Waals surface area contributed by atoms with Crippen LogP contribution in [0.4, 0.5) is 5.69 Å². The summed E-state index contributed by atoms with van der Waals surface area (Å²) in [5, 5.41) is 4.73. The lowest BCUT2D eigenvalue weighted by atomic mass is 9.98. The summed E-state index contributed by atoms with van der Waals surface area (Å²) < 4.78 is 38.5. The molecule has 3 aromatic carbocycles. The number of sulfonamides is 1. The van der Waals surface area contributed by atoms with Gasteiger partial charge in [0.1, 0.15) is 11.5 Å². The number of nitrogens with one attached hydrogen (secondary N) is 1. The van der Waals surface area contributed by atoms with Crippen LogP contribution in [0.15, 0.2) is 65.6 Å². The Bertz CT molecular complexity index is 1240. The molecular weight excluding hydrogens is 428 g/mol. The molecule has 3 aromatic rings. The van der Waals surface area contributed by atoms with E-state index in [1.54, 1.807) is 37.4 Å². The molecule has 32 heavy (non-hydrogen) atoms. The average molecular weight is 455 g/mol. The summed E-state index contributed by atoms with van der Waals surface area (Å²) in [6, 6.07) is 17.9. The molecule has 1 fully saturated rings. The second kappa shape index (κ2) is 9.18. The van der Waals surface area contributed by atoms with Crippen LogP contribution in [-0.4, -0.2) is 45.9 Å². The monoisotopic (exact) mass is 454 g/mol. The van der Waals surface area contributed by atoms with Crippen molar-refractivity contribution in [3.05, 3.63) is 60.7 Å². The number of benzene rings is 3. The third-order valence-corrected chi connectivity index (χ3v) is 7.64. The first-order valence-corrected chi connectivity index (χ1v) is 11.9. The highest BCUT2D eigenvalue weighted by atomic mass is 32.2. The minimum absolute atomic E-state index is 0.138. The molecule has 4 rings (SSSR count). The molecule has 7 nitrogen and oxygen atoms in total. The largest absolute Gasteiger partial charge is 0.497 e. The molecule has 0 saturated carbocycles. The van der Waals surface area contributed by atoms with E-state index in [2.05, 4.69) is 5.32 Å². The lowest BCUT2D eigenvalue weighted by Crippen LogP contribution is -2.43. The SMILES string of the molecule is COc1ccc(NC(=O)C2CCCN(S(=O)(=O)c3ccc4ccccc4c3)C2)c(OC)c1.